The molecule has 2 aliphatic heterocycles. The number of halogens is 3. The number of hydrogen-bond donors (Lipinski definition) is 0. The average molecular weight is 718 g/mol. The third kappa shape index (κ3) is 9.08. The van der Waals surface area contributed by atoms with Gasteiger partial charge < -0.3 is 28.9 Å². The first-order chi connectivity index (χ1) is 24.9. The predicted octanol–water partition coefficient (Wildman–Crippen LogP) is 7.91. The number of nitrogens with zero attached hydrogens (tertiary/aromatic N) is 5. The van der Waals surface area contributed by atoms with Gasteiger partial charge in [-0.2, -0.15) is 4.98 Å². The molecule has 0 saturated carbocycles. The number of amides is 1. The molecule has 3 heterocycles. The number of alkyl halides is 2. The van der Waals surface area contributed by atoms with Gasteiger partial charge in [-0.1, -0.05) is 60.7 Å². The van der Waals surface area contributed by atoms with E-state index in [2.05, 4.69) is 4.98 Å². The molecule has 1 aromatic heterocycles. The van der Waals surface area contributed by atoms with E-state index in [0.717, 1.165) is 16.0 Å². The highest BCUT2D eigenvalue weighted by Crippen LogP contribution is 2.37. The number of ether oxygens (including phenoxy) is 3. The maximum absolute atomic E-state index is 15.8. The molecular weight excluding hydrogens is 671 g/mol. The molecule has 0 spiro atoms. The monoisotopic (exact) mass is 717 g/mol. The van der Waals surface area contributed by atoms with E-state index in [1.807, 2.05) is 89.6 Å². The van der Waals surface area contributed by atoms with E-state index < -0.39 is 36.0 Å². The lowest BCUT2D eigenvalue weighted by molar-refractivity contribution is -0.126. The summed E-state index contributed by atoms with van der Waals surface area (Å²) in [7, 11) is 1.82. The van der Waals surface area contributed by atoms with Gasteiger partial charge in [0, 0.05) is 51.5 Å². The molecule has 276 valence electrons. The van der Waals surface area contributed by atoms with Crippen LogP contribution in [0, 0.1) is 5.82 Å². The molecule has 1 amide bonds. The first-order valence-corrected chi connectivity index (χ1v) is 17.6. The van der Waals surface area contributed by atoms with Crippen LogP contribution in [-0.4, -0.2) is 84.8 Å². The highest BCUT2D eigenvalue weighted by molar-refractivity contribution is 5.70. The van der Waals surface area contributed by atoms with Crippen LogP contribution in [0.15, 0.2) is 91.0 Å². The number of anilines is 3. The van der Waals surface area contributed by atoms with Crippen molar-refractivity contribution in [3.8, 4) is 11.8 Å². The summed E-state index contributed by atoms with van der Waals surface area (Å²) in [6, 6.07) is 27.2. The second-order valence-electron chi connectivity index (χ2n) is 14.2. The minimum absolute atomic E-state index is 0.133. The molecule has 0 N–H and O–H groups in total. The van der Waals surface area contributed by atoms with E-state index in [1.165, 1.54) is 6.07 Å². The zero-order valence-electron chi connectivity index (χ0n) is 30.1. The van der Waals surface area contributed by atoms with Gasteiger partial charge in [0.15, 0.2) is 0 Å². The Morgan fingerprint density at radius 2 is 1.50 bits per heavy atom. The lowest BCUT2D eigenvalue weighted by atomic mass is 9.98. The molecule has 1 atom stereocenters. The minimum atomic E-state index is -3.10. The molecule has 1 unspecified atom stereocenters. The van der Waals surface area contributed by atoms with Gasteiger partial charge in [-0.25, -0.2) is 18.0 Å². The van der Waals surface area contributed by atoms with E-state index in [-0.39, 0.29) is 19.6 Å². The van der Waals surface area contributed by atoms with Gasteiger partial charge in [-0.3, -0.25) is 4.90 Å². The van der Waals surface area contributed by atoms with Gasteiger partial charge in [0.2, 0.25) is 11.8 Å². The van der Waals surface area contributed by atoms with Crippen molar-refractivity contribution in [3.63, 3.8) is 0 Å². The molecule has 0 radical (unpaired) electrons. The maximum Gasteiger partial charge on any atom is 0.410 e. The topological polar surface area (TPSA) is 70.6 Å². The number of rotatable bonds is 10. The third-order valence-electron chi connectivity index (χ3n) is 9.25. The standard InChI is InChI=1S/C40H46F3N5O4/c1-39(2,3)52-38(49)48-20-19-35(40(42,43)28-48)47-23-21-46(22-24-47)33-16-15-31(25-32(33)41)45(4)34-17-18-36(50-26-29-11-7-5-8-12-29)44-37(34)51-27-30-13-9-6-10-14-30/h5-18,25,35H,19-24,26-28H2,1-4H3. The average Bonchev–Trinajstić information content (AvgIpc) is 3.13. The van der Waals surface area contributed by atoms with Crippen molar-refractivity contribution in [2.75, 3.05) is 56.1 Å². The summed E-state index contributed by atoms with van der Waals surface area (Å²) in [5, 5.41) is 0. The summed E-state index contributed by atoms with van der Waals surface area (Å²) in [4.78, 5) is 23.7. The fourth-order valence-corrected chi connectivity index (χ4v) is 6.55. The molecule has 2 saturated heterocycles. The summed E-state index contributed by atoms with van der Waals surface area (Å²) in [5.41, 5.74) is 2.84. The third-order valence-corrected chi connectivity index (χ3v) is 9.25. The Kier molecular flexibility index (Phi) is 11.1. The van der Waals surface area contributed by atoms with E-state index in [1.54, 1.807) is 37.8 Å². The maximum atomic E-state index is 15.8. The van der Waals surface area contributed by atoms with E-state index in [9.17, 15) is 4.79 Å². The number of carbonyl (C=O) groups excluding carboxylic acids is 1. The van der Waals surface area contributed by atoms with Crippen LogP contribution in [-0.2, 0) is 18.0 Å². The van der Waals surface area contributed by atoms with Crippen LogP contribution in [0.3, 0.4) is 0 Å². The van der Waals surface area contributed by atoms with Crippen LogP contribution < -0.4 is 19.3 Å². The van der Waals surface area contributed by atoms with Crippen molar-refractivity contribution < 1.29 is 32.2 Å². The summed E-state index contributed by atoms with van der Waals surface area (Å²) in [6.07, 6.45) is -0.592. The van der Waals surface area contributed by atoms with Crippen LogP contribution in [0.1, 0.15) is 38.3 Å². The molecule has 3 aromatic carbocycles. The summed E-state index contributed by atoms with van der Waals surface area (Å²) < 4.78 is 64.0. The smallest absolute Gasteiger partial charge is 0.410 e. The normalized spacial score (nSPS) is 17.8. The fourth-order valence-electron chi connectivity index (χ4n) is 6.55. The molecule has 6 rings (SSSR count). The zero-order valence-corrected chi connectivity index (χ0v) is 30.1. The summed E-state index contributed by atoms with van der Waals surface area (Å²) in [6.45, 7) is 6.74. The van der Waals surface area contributed by atoms with Crippen LogP contribution >= 0.6 is 0 Å². The lowest BCUT2D eigenvalue weighted by Crippen LogP contribution is -2.62. The molecular formula is C40H46F3N5O4. The molecule has 12 heteroatoms. The largest absolute Gasteiger partial charge is 0.473 e. The summed E-state index contributed by atoms with van der Waals surface area (Å²) in [5.74, 6) is -2.78. The number of likely N-dealkylation sites (tertiary alicyclic amines) is 1. The zero-order chi connectivity index (χ0) is 36.9. The number of piperidine rings is 1. The Bertz CT molecular complexity index is 1800. The number of carbonyl (C=O) groups is 1. The number of aromatic nitrogens is 1. The number of pyridine rings is 1. The molecule has 2 aliphatic rings. The van der Waals surface area contributed by atoms with Gasteiger partial charge in [0.25, 0.3) is 5.92 Å². The van der Waals surface area contributed by atoms with E-state index in [4.69, 9.17) is 14.2 Å². The Labute approximate surface area is 303 Å². The Morgan fingerprint density at radius 3 is 2.10 bits per heavy atom. The van der Waals surface area contributed by atoms with Gasteiger partial charge >= 0.3 is 6.09 Å². The predicted molar refractivity (Wildman–Crippen MR) is 195 cm³/mol. The fraction of sp³-hybridized carbons (Fsp3) is 0.400. The first kappa shape index (κ1) is 36.8. The van der Waals surface area contributed by atoms with Crippen LogP contribution in [0.25, 0.3) is 0 Å². The molecule has 0 aliphatic carbocycles. The Hall–Kier alpha value is -4.97. The Morgan fingerprint density at radius 1 is 0.865 bits per heavy atom. The first-order valence-electron chi connectivity index (χ1n) is 17.6. The van der Waals surface area contributed by atoms with Crippen LogP contribution in [0.4, 0.5) is 35.0 Å². The second kappa shape index (κ2) is 15.7. The highest BCUT2D eigenvalue weighted by Gasteiger charge is 2.49. The lowest BCUT2D eigenvalue weighted by Gasteiger charge is -2.46. The molecule has 4 aromatic rings. The van der Waals surface area contributed by atoms with E-state index >= 15 is 13.2 Å². The van der Waals surface area contributed by atoms with Crippen molar-refractivity contribution in [2.45, 2.75) is 58.0 Å². The second-order valence-corrected chi connectivity index (χ2v) is 14.2. The Balaban J connectivity index is 1.11. The SMILES string of the molecule is CN(c1ccc(N2CCN(C3CCN(C(=O)OC(C)(C)C)CC3(F)F)CC2)c(F)c1)c1ccc(OCc2ccccc2)nc1OCc1ccccc1. The minimum Gasteiger partial charge on any atom is -0.473 e. The number of benzene rings is 3. The molecule has 0 bridgehead atoms. The van der Waals surface area contributed by atoms with Crippen molar-refractivity contribution in [1.29, 1.82) is 0 Å². The van der Waals surface area contributed by atoms with Crippen molar-refractivity contribution in [2.24, 2.45) is 0 Å². The van der Waals surface area contributed by atoms with Gasteiger partial charge in [0.05, 0.1) is 18.3 Å². The highest BCUT2D eigenvalue weighted by atomic mass is 19.3. The van der Waals surface area contributed by atoms with Crippen LogP contribution in [0.2, 0.25) is 0 Å². The quantitative estimate of drug-likeness (QED) is 0.164. The molecule has 2 fully saturated rings. The van der Waals surface area contributed by atoms with Crippen molar-refractivity contribution in [3.05, 3.63) is 108 Å². The van der Waals surface area contributed by atoms with Gasteiger partial charge in [-0.15, -0.1) is 0 Å². The van der Waals surface area contributed by atoms with Crippen molar-refractivity contribution in [1.82, 2.24) is 14.8 Å². The molecule has 9 nitrogen and oxygen atoms in total. The summed E-state index contributed by atoms with van der Waals surface area (Å²) >= 11 is 0. The molecule has 52 heavy (non-hydrogen) atoms. The number of piperazine rings is 1. The van der Waals surface area contributed by atoms with Crippen LogP contribution in [0.5, 0.6) is 11.8 Å². The van der Waals surface area contributed by atoms with Crippen molar-refractivity contribution >= 4 is 23.2 Å². The van der Waals surface area contributed by atoms with Gasteiger partial charge in [-0.05, 0) is 62.6 Å². The van der Waals surface area contributed by atoms with Gasteiger partial charge in [0.1, 0.15) is 30.3 Å². The van der Waals surface area contributed by atoms with E-state index in [0.29, 0.717) is 61.6 Å². The number of hydrogen-bond acceptors (Lipinski definition) is 8.